The molecule has 166 valence electrons. The lowest BCUT2D eigenvalue weighted by Gasteiger charge is -2.40. The van der Waals surface area contributed by atoms with E-state index in [0.717, 1.165) is 24.4 Å². The normalized spacial score (nSPS) is 31.5. The number of piperidine rings is 1. The van der Waals surface area contributed by atoms with Gasteiger partial charge in [-0.05, 0) is 18.8 Å². The minimum atomic E-state index is -4.88. The number of hydroxylamine groups is 2. The lowest BCUT2D eigenvalue weighted by Crippen LogP contribution is -2.62. The third kappa shape index (κ3) is 4.00. The van der Waals surface area contributed by atoms with Crippen LogP contribution in [0.2, 0.25) is 0 Å². The van der Waals surface area contributed by atoms with Crippen molar-refractivity contribution in [1.82, 2.24) is 24.8 Å². The summed E-state index contributed by atoms with van der Waals surface area (Å²) < 4.78 is 43.3. The van der Waals surface area contributed by atoms with Crippen molar-refractivity contribution in [2.24, 2.45) is 11.7 Å². The Morgan fingerprint density at radius 1 is 1.47 bits per heavy atom. The van der Waals surface area contributed by atoms with E-state index in [1.807, 2.05) is 10.8 Å². The van der Waals surface area contributed by atoms with Crippen molar-refractivity contribution in [3.63, 3.8) is 0 Å². The molecule has 13 nitrogen and oxygen atoms in total. The van der Waals surface area contributed by atoms with E-state index in [9.17, 15) is 18.0 Å². The first-order valence-electron chi connectivity index (χ1n) is 9.59. The first-order chi connectivity index (χ1) is 14.2. The maximum Gasteiger partial charge on any atom is 0.418 e. The van der Waals surface area contributed by atoms with Gasteiger partial charge in [0.1, 0.15) is 0 Å². The molecule has 30 heavy (non-hydrogen) atoms. The van der Waals surface area contributed by atoms with Crippen molar-refractivity contribution in [2.45, 2.75) is 43.6 Å². The van der Waals surface area contributed by atoms with Crippen LogP contribution in [0.3, 0.4) is 0 Å². The number of nitrogens with two attached hydrogens (primary N) is 1. The smallest absolute Gasteiger partial charge is 0.365 e. The zero-order chi connectivity index (χ0) is 21.5. The summed E-state index contributed by atoms with van der Waals surface area (Å²) in [5.74, 6) is -0.476. The van der Waals surface area contributed by atoms with Crippen molar-refractivity contribution >= 4 is 22.3 Å². The molecule has 3 saturated heterocycles. The number of hydrogen-bond donors (Lipinski definition) is 3. The van der Waals surface area contributed by atoms with Gasteiger partial charge in [-0.3, -0.25) is 14.2 Å². The van der Waals surface area contributed by atoms with Gasteiger partial charge in [-0.15, -0.1) is 4.28 Å². The number of primary amides is 1. The second-order valence-electron chi connectivity index (χ2n) is 7.84. The van der Waals surface area contributed by atoms with Gasteiger partial charge in [0, 0.05) is 44.5 Å². The Balaban J connectivity index is 1.40. The average Bonchev–Trinajstić information content (AvgIpc) is 3.39. The zero-order valence-electron chi connectivity index (χ0n) is 16.1. The molecule has 3 aliphatic heterocycles. The Morgan fingerprint density at radius 2 is 2.27 bits per heavy atom. The fraction of sp³-hybridized carbons (Fsp3) is 0.688. The number of urea groups is 1. The van der Waals surface area contributed by atoms with E-state index in [1.54, 1.807) is 12.5 Å². The molecule has 0 spiro atoms. The quantitative estimate of drug-likeness (QED) is 0.412. The molecule has 2 bridgehead atoms. The Hall–Kier alpha value is -2.26. The van der Waals surface area contributed by atoms with E-state index in [2.05, 4.69) is 14.6 Å². The van der Waals surface area contributed by atoms with Gasteiger partial charge >= 0.3 is 16.4 Å². The van der Waals surface area contributed by atoms with Crippen LogP contribution in [0.15, 0.2) is 18.7 Å². The molecule has 4 atom stereocenters. The number of carbonyl (C=O) groups excluding carboxylic acids is 2. The Kier molecular flexibility index (Phi) is 5.44. The van der Waals surface area contributed by atoms with E-state index in [4.69, 9.17) is 15.0 Å². The van der Waals surface area contributed by atoms with Gasteiger partial charge in [0.15, 0.2) is 0 Å². The lowest BCUT2D eigenvalue weighted by molar-refractivity contribution is -0.175. The second kappa shape index (κ2) is 7.77. The van der Waals surface area contributed by atoms with Crippen LogP contribution in [0.5, 0.6) is 0 Å². The van der Waals surface area contributed by atoms with Gasteiger partial charge in [-0.2, -0.15) is 13.5 Å². The van der Waals surface area contributed by atoms with Crippen LogP contribution in [0, 0.1) is 5.92 Å². The number of fused-ring (bicyclic) bond motifs is 2. The Morgan fingerprint density at radius 3 is 2.93 bits per heavy atom. The molecule has 2 unspecified atom stereocenters. The number of carbonyl (C=O) groups is 2. The third-order valence-corrected chi connectivity index (χ3v) is 6.17. The van der Waals surface area contributed by atoms with Crippen LogP contribution < -0.4 is 11.1 Å². The summed E-state index contributed by atoms with van der Waals surface area (Å²) in [6, 6.07) is -1.57. The summed E-state index contributed by atoms with van der Waals surface area (Å²) in [5, 5.41) is 3.90. The van der Waals surface area contributed by atoms with E-state index in [-0.39, 0.29) is 32.0 Å². The van der Waals surface area contributed by atoms with Crippen molar-refractivity contribution in [3.05, 3.63) is 18.7 Å². The van der Waals surface area contributed by atoms with Gasteiger partial charge < -0.3 is 20.4 Å². The predicted molar refractivity (Wildman–Crippen MR) is 99.6 cm³/mol. The summed E-state index contributed by atoms with van der Waals surface area (Å²) in [7, 11) is -4.88. The standard InChI is InChI=1S/C16H24N6O7S/c17-14(23)16(2-1-13-8-21(16)15(24)22(13)29-30(25,26)27)28-9-12-5-11(6-19-12)7-20-4-3-18-10-20/h3-4,10-13,19H,1-2,5-9H2,(H2,17,23)(H,25,26,27)/t11-,12-,13?,16?/m1/s1. The van der Waals surface area contributed by atoms with E-state index < -0.39 is 34.1 Å². The highest BCUT2D eigenvalue weighted by Crippen LogP contribution is 2.38. The van der Waals surface area contributed by atoms with Crippen molar-refractivity contribution in [1.29, 1.82) is 0 Å². The minimum absolute atomic E-state index is 0.00135. The van der Waals surface area contributed by atoms with Crippen LogP contribution in [-0.4, -0.2) is 81.9 Å². The summed E-state index contributed by atoms with van der Waals surface area (Å²) in [6.45, 7) is 1.73. The highest BCUT2D eigenvalue weighted by atomic mass is 32.3. The molecule has 3 aliphatic rings. The zero-order valence-corrected chi connectivity index (χ0v) is 16.9. The highest BCUT2D eigenvalue weighted by molar-refractivity contribution is 7.80. The first-order valence-corrected chi connectivity index (χ1v) is 11.0. The van der Waals surface area contributed by atoms with Crippen LogP contribution in [0.1, 0.15) is 19.3 Å². The van der Waals surface area contributed by atoms with Crippen molar-refractivity contribution in [3.8, 4) is 0 Å². The maximum absolute atomic E-state index is 12.6. The fourth-order valence-electron chi connectivity index (χ4n) is 4.42. The lowest BCUT2D eigenvalue weighted by atomic mass is 9.96. The van der Waals surface area contributed by atoms with Crippen LogP contribution >= 0.6 is 0 Å². The van der Waals surface area contributed by atoms with Crippen LogP contribution in [0.4, 0.5) is 4.79 Å². The number of rotatable bonds is 8. The summed E-state index contributed by atoms with van der Waals surface area (Å²) in [6.07, 6.45) is 6.49. The molecule has 4 rings (SSSR count). The second-order valence-corrected chi connectivity index (χ2v) is 8.84. The number of nitrogens with one attached hydrogen (secondary N) is 1. The average molecular weight is 444 g/mol. The van der Waals surface area contributed by atoms with Gasteiger partial charge in [0.25, 0.3) is 5.91 Å². The first kappa shape index (κ1) is 21.0. The molecule has 3 fully saturated rings. The number of ether oxygens (including phenoxy) is 1. The number of amides is 3. The van der Waals surface area contributed by atoms with Gasteiger partial charge in [-0.1, -0.05) is 0 Å². The van der Waals surface area contributed by atoms with Crippen LogP contribution in [0.25, 0.3) is 0 Å². The number of aromatic nitrogens is 2. The molecule has 1 aromatic rings. The predicted octanol–water partition coefficient (Wildman–Crippen LogP) is -1.31. The minimum Gasteiger partial charge on any atom is -0.365 e. The monoisotopic (exact) mass is 444 g/mol. The van der Waals surface area contributed by atoms with E-state index in [1.165, 1.54) is 0 Å². The molecule has 1 aromatic heterocycles. The van der Waals surface area contributed by atoms with Gasteiger partial charge in [0.05, 0.1) is 19.0 Å². The molecule has 0 aromatic carbocycles. The van der Waals surface area contributed by atoms with Crippen molar-refractivity contribution in [2.75, 3.05) is 19.7 Å². The largest absolute Gasteiger partial charge is 0.418 e. The maximum atomic E-state index is 12.6. The summed E-state index contributed by atoms with van der Waals surface area (Å²) in [4.78, 5) is 30.1. The van der Waals surface area contributed by atoms with E-state index in [0.29, 0.717) is 11.0 Å². The fourth-order valence-corrected chi connectivity index (χ4v) is 4.81. The SMILES string of the molecule is NC(=O)C1(OC[C@H]2C[C@@H](Cn3ccnc3)CN2)CCC2CN1C(=O)N2OS(=O)(=O)O. The van der Waals surface area contributed by atoms with Crippen LogP contribution in [-0.2, 0) is 30.8 Å². The molecule has 0 radical (unpaired) electrons. The Bertz CT molecular complexity index is 909. The topological polar surface area (TPSA) is 169 Å². The van der Waals surface area contributed by atoms with Crippen molar-refractivity contribution < 1.29 is 31.6 Å². The Labute approximate surface area is 173 Å². The number of nitrogens with zero attached hydrogens (tertiary/aromatic N) is 4. The molecule has 4 heterocycles. The molecule has 3 amide bonds. The molecule has 14 heteroatoms. The molecular formula is C16H24N6O7S. The van der Waals surface area contributed by atoms with Gasteiger partial charge in [-0.25, -0.2) is 9.78 Å². The molecule has 0 saturated carbocycles. The molecule has 0 aliphatic carbocycles. The summed E-state index contributed by atoms with van der Waals surface area (Å²) >= 11 is 0. The molecule has 4 N–H and O–H groups in total. The molecular weight excluding hydrogens is 420 g/mol. The number of hydrogen-bond acceptors (Lipinski definition) is 8. The highest BCUT2D eigenvalue weighted by Gasteiger charge is 2.58. The van der Waals surface area contributed by atoms with E-state index >= 15 is 0 Å². The third-order valence-electron chi connectivity index (χ3n) is 5.82. The summed E-state index contributed by atoms with van der Waals surface area (Å²) in [5.41, 5.74) is 3.91. The van der Waals surface area contributed by atoms with Gasteiger partial charge in [0.2, 0.25) is 5.72 Å². The number of imidazole rings is 1.